The summed E-state index contributed by atoms with van der Waals surface area (Å²) in [6, 6.07) is 12.1. The summed E-state index contributed by atoms with van der Waals surface area (Å²) in [7, 11) is -2.42. The molecule has 0 N–H and O–H groups in total. The molecule has 0 bridgehead atoms. The van der Waals surface area contributed by atoms with Gasteiger partial charge in [-0.05, 0) is 66.1 Å². The lowest BCUT2D eigenvalue weighted by atomic mass is 10.1. The van der Waals surface area contributed by atoms with Gasteiger partial charge in [-0.1, -0.05) is 76.6 Å². The van der Waals surface area contributed by atoms with Crippen molar-refractivity contribution in [2.45, 2.75) is 70.1 Å². The number of aryl methyl sites for hydroxylation is 1. The summed E-state index contributed by atoms with van der Waals surface area (Å²) in [5.74, 6) is 0.887. The molecule has 3 rings (SSSR count). The van der Waals surface area contributed by atoms with E-state index in [1.807, 2.05) is 19.1 Å². The van der Waals surface area contributed by atoms with Gasteiger partial charge in [0.15, 0.2) is 16.7 Å². The van der Waals surface area contributed by atoms with Crippen LogP contribution in [0.3, 0.4) is 0 Å². The predicted octanol–water partition coefficient (Wildman–Crippen LogP) is 7.23. The number of methoxy groups -OCH3 is 1. The third-order valence-electron chi connectivity index (χ3n) is 6.52. The van der Waals surface area contributed by atoms with Crippen molar-refractivity contribution < 1.29 is 22.7 Å². The highest BCUT2D eigenvalue weighted by Crippen LogP contribution is 2.35. The first kappa shape index (κ1) is 31.5. The van der Waals surface area contributed by atoms with Crippen LogP contribution in [0.5, 0.6) is 11.5 Å². The summed E-state index contributed by atoms with van der Waals surface area (Å²) < 4.78 is 41.5. The van der Waals surface area contributed by atoms with E-state index in [1.54, 1.807) is 37.5 Å². The van der Waals surface area contributed by atoms with Crippen molar-refractivity contribution in [3.05, 3.63) is 71.2 Å². The Kier molecular flexibility index (Phi) is 12.3. The Morgan fingerprint density at radius 2 is 1.68 bits per heavy atom. The maximum absolute atomic E-state index is 13.2. The fourth-order valence-electron chi connectivity index (χ4n) is 4.20. The monoisotopic (exact) mass is 584 g/mol. The van der Waals surface area contributed by atoms with Crippen molar-refractivity contribution in [3.8, 4) is 11.5 Å². The Labute approximate surface area is 243 Å². The number of carbonyl (C=O) groups excluding carboxylic acids is 1. The number of carbonyl (C=O) groups is 1. The van der Waals surface area contributed by atoms with Gasteiger partial charge in [0.1, 0.15) is 0 Å². The Morgan fingerprint density at radius 1 is 0.975 bits per heavy atom. The minimum absolute atomic E-state index is 0.0815. The first-order valence-electron chi connectivity index (χ1n) is 13.9. The van der Waals surface area contributed by atoms with Gasteiger partial charge < -0.3 is 9.47 Å². The van der Waals surface area contributed by atoms with E-state index in [1.165, 1.54) is 49.1 Å². The molecule has 7 nitrogen and oxygen atoms in total. The van der Waals surface area contributed by atoms with Crippen LogP contribution in [0.1, 0.15) is 69.9 Å². The number of amidine groups is 1. The molecule has 1 amide bonds. The topological polar surface area (TPSA) is 85.3 Å². The fourth-order valence-corrected chi connectivity index (χ4v) is 6.39. The quantitative estimate of drug-likeness (QED) is 0.118. The number of amides is 1. The Hall–Kier alpha value is -3.04. The number of sulfonamides is 1. The number of nitrogens with zero attached hydrogens (tertiary/aromatic N) is 2. The Bertz CT molecular complexity index is 1320. The minimum Gasteiger partial charge on any atom is -0.493 e. The van der Waals surface area contributed by atoms with Crippen molar-refractivity contribution in [1.82, 2.24) is 4.90 Å². The molecule has 1 aliphatic heterocycles. The Morgan fingerprint density at radius 3 is 2.33 bits per heavy atom. The average Bonchev–Trinajstić information content (AvgIpc) is 3.23. The lowest BCUT2D eigenvalue weighted by molar-refractivity contribution is -0.121. The van der Waals surface area contributed by atoms with Crippen LogP contribution in [-0.4, -0.2) is 44.7 Å². The minimum atomic E-state index is -4.00. The molecule has 1 fully saturated rings. The molecule has 0 radical (unpaired) electrons. The molecule has 216 valence electrons. The van der Waals surface area contributed by atoms with Gasteiger partial charge in [-0.15, -0.1) is 11.0 Å². The van der Waals surface area contributed by atoms with Gasteiger partial charge in [0.2, 0.25) is 0 Å². The molecule has 0 spiro atoms. The molecule has 0 unspecified atom stereocenters. The number of thioether (sulfide) groups is 1. The average molecular weight is 585 g/mol. The van der Waals surface area contributed by atoms with Crippen LogP contribution in [0.2, 0.25) is 0 Å². The predicted molar refractivity (Wildman–Crippen MR) is 164 cm³/mol. The van der Waals surface area contributed by atoms with Gasteiger partial charge >= 0.3 is 0 Å². The van der Waals surface area contributed by atoms with Crippen LogP contribution in [0, 0.1) is 0 Å². The molecule has 0 aliphatic carbocycles. The van der Waals surface area contributed by atoms with E-state index in [4.69, 9.17) is 9.47 Å². The zero-order chi connectivity index (χ0) is 29.0. The molecule has 2 aromatic carbocycles. The zero-order valence-corrected chi connectivity index (χ0v) is 25.4. The number of hydrogen-bond acceptors (Lipinski definition) is 6. The Balaban J connectivity index is 1.73. The molecule has 2 aromatic rings. The summed E-state index contributed by atoms with van der Waals surface area (Å²) in [4.78, 5) is 14.9. The van der Waals surface area contributed by atoms with Crippen molar-refractivity contribution in [2.24, 2.45) is 4.40 Å². The van der Waals surface area contributed by atoms with E-state index in [9.17, 15) is 13.2 Å². The second-order valence-corrected chi connectivity index (χ2v) is 12.2. The van der Waals surface area contributed by atoms with Crippen molar-refractivity contribution in [3.63, 3.8) is 0 Å². The molecular formula is C31H40N2O5S2. The summed E-state index contributed by atoms with van der Waals surface area (Å²) in [6.45, 7) is 8.68. The molecular weight excluding hydrogens is 544 g/mol. The van der Waals surface area contributed by atoms with Crippen LogP contribution in [0.4, 0.5) is 0 Å². The molecule has 0 aromatic heterocycles. The fraction of sp³-hybridized carbons (Fsp3) is 0.419. The first-order chi connectivity index (χ1) is 19.3. The van der Waals surface area contributed by atoms with Crippen molar-refractivity contribution in [2.75, 3.05) is 20.3 Å². The van der Waals surface area contributed by atoms with Gasteiger partial charge in [-0.2, -0.15) is 8.42 Å². The first-order valence-corrected chi connectivity index (χ1v) is 16.2. The highest BCUT2D eigenvalue weighted by Gasteiger charge is 2.34. The standard InChI is InChI=1S/C31H40N2O5S2/c1-5-8-9-10-11-12-13-21-38-27-19-16-25(22-28(27)37-4)23-29-30(34)33(20-6-2)31(39-29)32-40(35,36)26-17-14-24(7-3)15-18-26/h6,14-19,22-23H,2,5,7-13,20-21H2,1,3-4H3/b29-23-,32-31?. The third-order valence-corrected chi connectivity index (χ3v) is 8.92. The molecule has 40 heavy (non-hydrogen) atoms. The van der Waals surface area contributed by atoms with Crippen LogP contribution < -0.4 is 9.47 Å². The number of ether oxygens (including phenoxy) is 2. The van der Waals surface area contributed by atoms with E-state index in [-0.39, 0.29) is 22.5 Å². The normalized spacial score (nSPS) is 15.7. The third kappa shape index (κ3) is 8.73. The van der Waals surface area contributed by atoms with Gasteiger partial charge in [-0.3, -0.25) is 9.69 Å². The van der Waals surface area contributed by atoms with E-state index in [0.29, 0.717) is 23.0 Å². The smallest absolute Gasteiger partial charge is 0.284 e. The van der Waals surface area contributed by atoms with Crippen LogP contribution in [0.15, 0.2) is 69.3 Å². The SMILES string of the molecule is C=CCN1C(=O)/C(=C/c2ccc(OCCCCCCCCC)c(OC)c2)SC1=NS(=O)(=O)c1ccc(CC)cc1. The second-order valence-electron chi connectivity index (χ2n) is 9.54. The molecule has 1 aliphatic rings. The van der Waals surface area contributed by atoms with Gasteiger partial charge in [0.05, 0.1) is 23.5 Å². The summed E-state index contributed by atoms with van der Waals surface area (Å²) in [6.07, 6.45) is 12.5. The van der Waals surface area contributed by atoms with Crippen molar-refractivity contribution >= 4 is 38.9 Å². The van der Waals surface area contributed by atoms with E-state index < -0.39 is 10.0 Å². The van der Waals surface area contributed by atoms with E-state index in [2.05, 4.69) is 17.9 Å². The number of hydrogen-bond donors (Lipinski definition) is 0. The van der Waals surface area contributed by atoms with Crippen LogP contribution in [0.25, 0.3) is 6.08 Å². The molecule has 1 heterocycles. The summed E-state index contributed by atoms with van der Waals surface area (Å²) in [5, 5.41) is 0.0948. The lowest BCUT2D eigenvalue weighted by Gasteiger charge is -2.12. The second kappa shape index (κ2) is 15.7. The van der Waals surface area contributed by atoms with Gasteiger partial charge in [-0.25, -0.2) is 0 Å². The molecule has 0 atom stereocenters. The largest absolute Gasteiger partial charge is 0.493 e. The van der Waals surface area contributed by atoms with Gasteiger partial charge in [0, 0.05) is 6.54 Å². The van der Waals surface area contributed by atoms with E-state index >= 15 is 0 Å². The van der Waals surface area contributed by atoms with Gasteiger partial charge in [0.25, 0.3) is 15.9 Å². The number of benzene rings is 2. The molecule has 0 saturated carbocycles. The zero-order valence-electron chi connectivity index (χ0n) is 23.7. The maximum atomic E-state index is 13.2. The maximum Gasteiger partial charge on any atom is 0.284 e. The highest BCUT2D eigenvalue weighted by atomic mass is 32.2. The van der Waals surface area contributed by atoms with Crippen molar-refractivity contribution in [1.29, 1.82) is 0 Å². The number of unbranched alkanes of at least 4 members (excludes halogenated alkanes) is 6. The highest BCUT2D eigenvalue weighted by molar-refractivity contribution is 8.19. The molecule has 9 heteroatoms. The van der Waals surface area contributed by atoms with Crippen LogP contribution in [-0.2, 0) is 21.2 Å². The molecule has 1 saturated heterocycles. The summed E-state index contributed by atoms with van der Waals surface area (Å²) in [5.41, 5.74) is 1.76. The number of rotatable bonds is 16. The van der Waals surface area contributed by atoms with Crippen LogP contribution >= 0.6 is 11.8 Å². The lowest BCUT2D eigenvalue weighted by Crippen LogP contribution is -2.29. The van der Waals surface area contributed by atoms with E-state index in [0.717, 1.165) is 42.2 Å². The summed E-state index contributed by atoms with van der Waals surface area (Å²) >= 11 is 1.02.